The summed E-state index contributed by atoms with van der Waals surface area (Å²) in [5, 5.41) is 9.97. The Hall–Kier alpha value is -2.14. The van der Waals surface area contributed by atoms with Crippen LogP contribution in [0, 0.1) is 0 Å². The summed E-state index contributed by atoms with van der Waals surface area (Å²) in [5.74, 6) is 1.59. The van der Waals surface area contributed by atoms with Crippen molar-refractivity contribution in [3.63, 3.8) is 0 Å². The van der Waals surface area contributed by atoms with Crippen LogP contribution in [0.5, 0.6) is 0 Å². The monoisotopic (exact) mass is 342 g/mol. The first-order valence-corrected chi connectivity index (χ1v) is 8.20. The molecule has 1 N–H and O–H groups in total. The van der Waals surface area contributed by atoms with Crippen LogP contribution in [-0.4, -0.2) is 28.1 Å². The Morgan fingerprint density at radius 2 is 1.92 bits per heavy atom. The van der Waals surface area contributed by atoms with Crippen molar-refractivity contribution in [3.05, 3.63) is 77.3 Å². The van der Waals surface area contributed by atoms with Crippen molar-refractivity contribution in [2.45, 2.75) is 13.1 Å². The van der Waals surface area contributed by atoms with Crippen LogP contribution in [0.3, 0.4) is 0 Å². The predicted octanol–water partition coefficient (Wildman–Crippen LogP) is 3.99. The number of hydrogen-bond acceptors (Lipinski definition) is 4. The molecule has 0 atom stereocenters. The summed E-state index contributed by atoms with van der Waals surface area (Å²) < 4.78 is 5.94. The molecule has 0 amide bonds. The SMILES string of the molecule is OCCN(Cc1cccnc1)Cc1ccc(-c2ccccc2Cl)o1. The number of aliphatic hydroxyl groups excluding tert-OH is 1. The zero-order chi connectivity index (χ0) is 16.8. The number of aliphatic hydroxyl groups is 1. The smallest absolute Gasteiger partial charge is 0.135 e. The van der Waals surface area contributed by atoms with Gasteiger partial charge in [-0.15, -0.1) is 0 Å². The summed E-state index contributed by atoms with van der Waals surface area (Å²) >= 11 is 6.22. The number of hydrogen-bond donors (Lipinski definition) is 1. The van der Waals surface area contributed by atoms with Crippen molar-refractivity contribution in [3.8, 4) is 11.3 Å². The third-order valence-electron chi connectivity index (χ3n) is 3.73. The van der Waals surface area contributed by atoms with E-state index in [1.807, 2.05) is 54.7 Å². The first kappa shape index (κ1) is 16.7. The van der Waals surface area contributed by atoms with Gasteiger partial charge in [-0.05, 0) is 35.9 Å². The number of nitrogens with zero attached hydrogens (tertiary/aromatic N) is 2. The van der Waals surface area contributed by atoms with Crippen LogP contribution in [0.2, 0.25) is 5.02 Å². The van der Waals surface area contributed by atoms with E-state index in [2.05, 4.69) is 9.88 Å². The third-order valence-corrected chi connectivity index (χ3v) is 4.06. The second kappa shape index (κ2) is 8.11. The van der Waals surface area contributed by atoms with Gasteiger partial charge in [0.25, 0.3) is 0 Å². The van der Waals surface area contributed by atoms with Gasteiger partial charge in [0.2, 0.25) is 0 Å². The second-order valence-electron chi connectivity index (χ2n) is 5.54. The van der Waals surface area contributed by atoms with Gasteiger partial charge in [-0.2, -0.15) is 0 Å². The minimum atomic E-state index is 0.0956. The number of pyridine rings is 1. The summed E-state index contributed by atoms with van der Waals surface area (Å²) in [6.45, 7) is 1.98. The number of benzene rings is 1. The van der Waals surface area contributed by atoms with Gasteiger partial charge < -0.3 is 9.52 Å². The van der Waals surface area contributed by atoms with Gasteiger partial charge in [0.15, 0.2) is 0 Å². The first-order chi connectivity index (χ1) is 11.8. The fraction of sp³-hybridized carbons (Fsp3) is 0.211. The summed E-state index contributed by atoms with van der Waals surface area (Å²) in [4.78, 5) is 6.25. The van der Waals surface area contributed by atoms with Crippen LogP contribution in [0.4, 0.5) is 0 Å². The Kier molecular flexibility index (Phi) is 5.64. The molecular weight excluding hydrogens is 324 g/mol. The molecule has 3 aromatic rings. The number of furan rings is 1. The molecule has 124 valence electrons. The molecular formula is C19H19ClN2O2. The summed E-state index contributed by atoms with van der Waals surface area (Å²) in [7, 11) is 0. The molecule has 4 nitrogen and oxygen atoms in total. The van der Waals surface area contributed by atoms with Gasteiger partial charge in [-0.25, -0.2) is 0 Å². The third kappa shape index (κ3) is 4.23. The van der Waals surface area contributed by atoms with E-state index in [1.54, 1.807) is 6.20 Å². The van der Waals surface area contributed by atoms with Crippen LogP contribution in [-0.2, 0) is 13.1 Å². The van der Waals surface area contributed by atoms with Crippen LogP contribution in [0.25, 0.3) is 11.3 Å². The molecule has 0 fully saturated rings. The summed E-state index contributed by atoms with van der Waals surface area (Å²) in [6.07, 6.45) is 3.59. The van der Waals surface area contributed by atoms with Gasteiger partial charge in [-0.3, -0.25) is 9.88 Å². The number of aromatic nitrogens is 1. The highest BCUT2D eigenvalue weighted by atomic mass is 35.5. The Balaban J connectivity index is 1.73. The van der Waals surface area contributed by atoms with E-state index in [1.165, 1.54) is 0 Å². The number of halogens is 1. The maximum Gasteiger partial charge on any atom is 0.135 e. The van der Waals surface area contributed by atoms with Gasteiger partial charge in [0.1, 0.15) is 11.5 Å². The fourth-order valence-corrected chi connectivity index (χ4v) is 2.82. The molecule has 0 spiro atoms. The zero-order valence-corrected chi connectivity index (χ0v) is 14.0. The Labute approximate surface area is 146 Å². The van der Waals surface area contributed by atoms with Crippen molar-refractivity contribution >= 4 is 11.6 Å². The van der Waals surface area contributed by atoms with Gasteiger partial charge in [-0.1, -0.05) is 29.8 Å². The first-order valence-electron chi connectivity index (χ1n) is 7.82. The Morgan fingerprint density at radius 1 is 1.04 bits per heavy atom. The molecule has 0 unspecified atom stereocenters. The fourth-order valence-electron chi connectivity index (χ4n) is 2.59. The maximum atomic E-state index is 9.31. The average Bonchev–Trinajstić information content (AvgIpc) is 3.05. The van der Waals surface area contributed by atoms with E-state index in [4.69, 9.17) is 16.0 Å². The van der Waals surface area contributed by atoms with Gasteiger partial charge in [0, 0.05) is 31.0 Å². The molecule has 0 saturated carbocycles. The highest BCUT2D eigenvalue weighted by Gasteiger charge is 2.12. The van der Waals surface area contributed by atoms with E-state index < -0.39 is 0 Å². The molecule has 0 radical (unpaired) electrons. The highest BCUT2D eigenvalue weighted by molar-refractivity contribution is 6.33. The molecule has 0 aliphatic heterocycles. The molecule has 24 heavy (non-hydrogen) atoms. The topological polar surface area (TPSA) is 49.5 Å². The predicted molar refractivity (Wildman–Crippen MR) is 94.6 cm³/mol. The van der Waals surface area contributed by atoms with E-state index in [9.17, 15) is 5.11 Å². The maximum absolute atomic E-state index is 9.31. The second-order valence-corrected chi connectivity index (χ2v) is 5.95. The summed E-state index contributed by atoms with van der Waals surface area (Å²) in [6, 6.07) is 15.4. The van der Waals surface area contributed by atoms with Crippen molar-refractivity contribution in [1.29, 1.82) is 0 Å². The van der Waals surface area contributed by atoms with Gasteiger partial charge >= 0.3 is 0 Å². The molecule has 5 heteroatoms. The van der Waals surface area contributed by atoms with E-state index in [0.29, 0.717) is 24.7 Å². The minimum absolute atomic E-state index is 0.0956. The largest absolute Gasteiger partial charge is 0.460 e. The molecule has 0 aliphatic carbocycles. The molecule has 0 bridgehead atoms. The minimum Gasteiger partial charge on any atom is -0.460 e. The van der Waals surface area contributed by atoms with Crippen LogP contribution >= 0.6 is 11.6 Å². The molecule has 0 saturated heterocycles. The molecule has 3 rings (SSSR count). The molecule has 1 aromatic carbocycles. The lowest BCUT2D eigenvalue weighted by molar-refractivity contribution is 0.175. The lowest BCUT2D eigenvalue weighted by Crippen LogP contribution is -2.25. The standard InChI is InChI=1S/C19H19ClN2O2/c20-18-6-2-1-5-17(18)19-8-7-16(24-19)14-22(10-11-23)13-15-4-3-9-21-12-15/h1-9,12,23H,10-11,13-14H2. The lowest BCUT2D eigenvalue weighted by Gasteiger charge is -2.19. The van der Waals surface area contributed by atoms with E-state index in [-0.39, 0.29) is 6.61 Å². The zero-order valence-electron chi connectivity index (χ0n) is 13.2. The van der Waals surface area contributed by atoms with E-state index >= 15 is 0 Å². The summed E-state index contributed by atoms with van der Waals surface area (Å²) in [5.41, 5.74) is 1.98. The van der Waals surface area contributed by atoms with Crippen molar-refractivity contribution in [2.24, 2.45) is 0 Å². The highest BCUT2D eigenvalue weighted by Crippen LogP contribution is 2.29. The molecule has 2 heterocycles. The van der Waals surface area contributed by atoms with Crippen LogP contribution < -0.4 is 0 Å². The lowest BCUT2D eigenvalue weighted by atomic mass is 10.2. The van der Waals surface area contributed by atoms with Crippen molar-refractivity contribution in [2.75, 3.05) is 13.2 Å². The van der Waals surface area contributed by atoms with E-state index in [0.717, 1.165) is 22.6 Å². The molecule has 2 aromatic heterocycles. The van der Waals surface area contributed by atoms with Crippen LogP contribution in [0.1, 0.15) is 11.3 Å². The Morgan fingerprint density at radius 3 is 2.67 bits per heavy atom. The normalized spacial score (nSPS) is 11.1. The number of rotatable bonds is 7. The van der Waals surface area contributed by atoms with Crippen molar-refractivity contribution < 1.29 is 9.52 Å². The average molecular weight is 343 g/mol. The quantitative estimate of drug-likeness (QED) is 0.705. The van der Waals surface area contributed by atoms with Gasteiger partial charge in [0.05, 0.1) is 18.2 Å². The van der Waals surface area contributed by atoms with Crippen LogP contribution in [0.15, 0.2) is 65.3 Å². The molecule has 0 aliphatic rings. The van der Waals surface area contributed by atoms with Crippen molar-refractivity contribution in [1.82, 2.24) is 9.88 Å². The Bertz CT molecular complexity index is 774.